The van der Waals surface area contributed by atoms with Gasteiger partial charge in [0, 0.05) is 30.2 Å². The topological polar surface area (TPSA) is 84.3 Å². The summed E-state index contributed by atoms with van der Waals surface area (Å²) in [6.45, 7) is 1.73. The van der Waals surface area contributed by atoms with Crippen molar-refractivity contribution in [3.05, 3.63) is 82.4 Å². The molecule has 2 amide bonds. The van der Waals surface area contributed by atoms with Crippen molar-refractivity contribution in [2.24, 2.45) is 0 Å². The minimum atomic E-state index is -0.376. The molecule has 0 atom stereocenters. The Kier molecular flexibility index (Phi) is 5.87. The van der Waals surface area contributed by atoms with Crippen molar-refractivity contribution in [3.63, 3.8) is 0 Å². The zero-order chi connectivity index (χ0) is 22.8. The molecule has 162 valence electrons. The molecule has 1 N–H and O–H groups in total. The lowest BCUT2D eigenvalue weighted by molar-refractivity contribution is -0.116. The molecule has 4 rings (SSSR count). The summed E-state index contributed by atoms with van der Waals surface area (Å²) in [5.74, 6) is -0.534. The largest absolute Gasteiger partial charge is 0.345 e. The number of aromatic nitrogens is 2. The molecule has 0 aliphatic heterocycles. The molecule has 0 saturated heterocycles. The van der Waals surface area contributed by atoms with Crippen LogP contribution in [0, 0.1) is 6.92 Å². The fraction of sp³-hybridized carbons (Fsp3) is 0.167. The summed E-state index contributed by atoms with van der Waals surface area (Å²) in [7, 11) is 3.33. The van der Waals surface area contributed by atoms with E-state index in [4.69, 9.17) is 0 Å². The molecule has 8 heteroatoms. The first-order valence-electron chi connectivity index (χ1n) is 10.0. The number of carbonyl (C=O) groups is 2. The lowest BCUT2D eigenvalue weighted by atomic mass is 10.1. The monoisotopic (exact) mass is 446 g/mol. The van der Waals surface area contributed by atoms with Gasteiger partial charge in [0.25, 0.3) is 11.5 Å². The van der Waals surface area contributed by atoms with E-state index in [2.05, 4.69) is 10.3 Å². The van der Waals surface area contributed by atoms with E-state index in [1.165, 1.54) is 27.1 Å². The number of rotatable bonds is 5. The Hall–Kier alpha value is -3.78. The number of fused-ring (bicyclic) bond motifs is 1. The van der Waals surface area contributed by atoms with E-state index in [9.17, 15) is 14.4 Å². The van der Waals surface area contributed by atoms with Crippen molar-refractivity contribution in [2.75, 3.05) is 19.4 Å². The SMILES string of the molecule is Cc1c(-c2ccccc2)sc2ncn(CC(=O)Nc3cccc(C(=O)N(C)C)c3)c(=O)c12. The molecule has 0 saturated carbocycles. The third kappa shape index (κ3) is 4.17. The van der Waals surface area contributed by atoms with Gasteiger partial charge in [-0.15, -0.1) is 11.3 Å². The van der Waals surface area contributed by atoms with Crippen LogP contribution in [0.15, 0.2) is 65.7 Å². The third-order valence-electron chi connectivity index (χ3n) is 5.07. The smallest absolute Gasteiger partial charge is 0.262 e. The number of hydrogen-bond acceptors (Lipinski definition) is 5. The molecule has 0 radical (unpaired) electrons. The van der Waals surface area contributed by atoms with Gasteiger partial charge in [-0.2, -0.15) is 0 Å². The van der Waals surface area contributed by atoms with Crippen LogP contribution in [-0.4, -0.2) is 40.4 Å². The first-order valence-corrected chi connectivity index (χ1v) is 10.8. The average molecular weight is 447 g/mol. The van der Waals surface area contributed by atoms with Crippen LogP contribution >= 0.6 is 11.3 Å². The highest BCUT2D eigenvalue weighted by Gasteiger charge is 2.17. The van der Waals surface area contributed by atoms with Gasteiger partial charge in [-0.1, -0.05) is 36.4 Å². The van der Waals surface area contributed by atoms with Gasteiger partial charge in [-0.25, -0.2) is 4.98 Å². The summed E-state index contributed by atoms with van der Waals surface area (Å²) in [5, 5.41) is 3.28. The number of anilines is 1. The predicted octanol–water partition coefficient (Wildman–Crippen LogP) is 3.77. The molecule has 0 bridgehead atoms. The normalized spacial score (nSPS) is 10.8. The second-order valence-corrected chi connectivity index (χ2v) is 8.61. The number of carbonyl (C=O) groups excluding carboxylic acids is 2. The van der Waals surface area contributed by atoms with Gasteiger partial charge in [0.2, 0.25) is 5.91 Å². The highest BCUT2D eigenvalue weighted by Crippen LogP contribution is 2.35. The summed E-state index contributed by atoms with van der Waals surface area (Å²) in [6.07, 6.45) is 1.40. The highest BCUT2D eigenvalue weighted by atomic mass is 32.1. The quantitative estimate of drug-likeness (QED) is 0.506. The van der Waals surface area contributed by atoms with E-state index in [0.29, 0.717) is 21.5 Å². The van der Waals surface area contributed by atoms with Crippen molar-refractivity contribution in [1.29, 1.82) is 0 Å². The lowest BCUT2D eigenvalue weighted by Gasteiger charge is -2.12. The Morgan fingerprint density at radius 3 is 2.56 bits per heavy atom. The number of thiophene rings is 1. The second-order valence-electron chi connectivity index (χ2n) is 7.61. The average Bonchev–Trinajstić information content (AvgIpc) is 3.13. The van der Waals surface area contributed by atoms with Crippen LogP contribution in [0.1, 0.15) is 15.9 Å². The molecule has 2 aromatic carbocycles. The summed E-state index contributed by atoms with van der Waals surface area (Å²) in [5.41, 5.74) is 2.60. The van der Waals surface area contributed by atoms with Gasteiger partial charge in [-0.3, -0.25) is 19.0 Å². The molecule has 32 heavy (non-hydrogen) atoms. The molecule has 0 spiro atoms. The summed E-state index contributed by atoms with van der Waals surface area (Å²) in [4.78, 5) is 45.4. The minimum Gasteiger partial charge on any atom is -0.345 e. The Balaban J connectivity index is 1.59. The van der Waals surface area contributed by atoms with Crippen LogP contribution in [0.4, 0.5) is 5.69 Å². The van der Waals surface area contributed by atoms with Crippen molar-refractivity contribution < 1.29 is 9.59 Å². The van der Waals surface area contributed by atoms with E-state index in [1.807, 2.05) is 37.3 Å². The maximum atomic E-state index is 13.1. The first-order chi connectivity index (χ1) is 15.3. The zero-order valence-corrected chi connectivity index (χ0v) is 18.8. The van der Waals surface area contributed by atoms with E-state index < -0.39 is 0 Å². The molecular weight excluding hydrogens is 424 g/mol. The Labute approximate surface area is 189 Å². The molecule has 0 unspecified atom stereocenters. The lowest BCUT2D eigenvalue weighted by Crippen LogP contribution is -2.28. The van der Waals surface area contributed by atoms with Gasteiger partial charge >= 0.3 is 0 Å². The summed E-state index contributed by atoms with van der Waals surface area (Å²) >= 11 is 1.47. The second kappa shape index (κ2) is 8.76. The molecule has 2 aromatic heterocycles. The predicted molar refractivity (Wildman–Crippen MR) is 127 cm³/mol. The van der Waals surface area contributed by atoms with Crippen LogP contribution in [0.2, 0.25) is 0 Å². The van der Waals surface area contributed by atoms with E-state index in [1.54, 1.807) is 38.4 Å². The van der Waals surface area contributed by atoms with Gasteiger partial charge in [-0.05, 0) is 36.2 Å². The standard InChI is InChI=1S/C24H22N4O3S/c1-15-20-22(32-21(15)16-8-5-4-6-9-16)25-14-28(24(20)31)13-19(29)26-18-11-7-10-17(12-18)23(30)27(2)3/h4-12,14H,13H2,1-3H3,(H,26,29). The molecule has 0 fully saturated rings. The number of nitrogens with zero attached hydrogens (tertiary/aromatic N) is 3. The first kappa shape index (κ1) is 21.5. The third-order valence-corrected chi connectivity index (χ3v) is 6.32. The number of aryl methyl sites for hydroxylation is 1. The van der Waals surface area contributed by atoms with Crippen LogP contribution in [0.3, 0.4) is 0 Å². The Bertz CT molecular complexity index is 1370. The summed E-state index contributed by atoms with van der Waals surface area (Å²) in [6, 6.07) is 16.5. The van der Waals surface area contributed by atoms with Crippen molar-refractivity contribution in [3.8, 4) is 10.4 Å². The van der Waals surface area contributed by atoms with Crippen molar-refractivity contribution in [2.45, 2.75) is 13.5 Å². The molecule has 0 aliphatic carbocycles. The molecular formula is C24H22N4O3S. The van der Waals surface area contributed by atoms with Gasteiger partial charge < -0.3 is 10.2 Å². The van der Waals surface area contributed by atoms with Crippen LogP contribution in [0.25, 0.3) is 20.7 Å². The van der Waals surface area contributed by atoms with Crippen molar-refractivity contribution >= 4 is 39.1 Å². The fourth-order valence-electron chi connectivity index (χ4n) is 3.48. The van der Waals surface area contributed by atoms with Crippen LogP contribution in [0.5, 0.6) is 0 Å². The molecule has 0 aliphatic rings. The fourth-order valence-corrected chi connectivity index (χ4v) is 4.62. The molecule has 2 heterocycles. The summed E-state index contributed by atoms with van der Waals surface area (Å²) < 4.78 is 1.31. The van der Waals surface area contributed by atoms with Crippen LogP contribution in [-0.2, 0) is 11.3 Å². The van der Waals surface area contributed by atoms with Gasteiger partial charge in [0.1, 0.15) is 11.4 Å². The maximum absolute atomic E-state index is 13.1. The zero-order valence-electron chi connectivity index (χ0n) is 18.0. The highest BCUT2D eigenvalue weighted by molar-refractivity contribution is 7.22. The minimum absolute atomic E-state index is 0.158. The number of nitrogens with one attached hydrogen (secondary N) is 1. The number of benzene rings is 2. The number of amides is 2. The van der Waals surface area contributed by atoms with Gasteiger partial charge in [0.05, 0.1) is 11.7 Å². The Morgan fingerprint density at radius 1 is 1.09 bits per heavy atom. The van der Waals surface area contributed by atoms with E-state index in [0.717, 1.165) is 16.0 Å². The van der Waals surface area contributed by atoms with Crippen LogP contribution < -0.4 is 10.9 Å². The van der Waals surface area contributed by atoms with Gasteiger partial charge in [0.15, 0.2) is 0 Å². The van der Waals surface area contributed by atoms with E-state index >= 15 is 0 Å². The Morgan fingerprint density at radius 2 is 1.84 bits per heavy atom. The van der Waals surface area contributed by atoms with E-state index in [-0.39, 0.29) is 23.9 Å². The molecule has 4 aromatic rings. The number of hydrogen-bond donors (Lipinski definition) is 1. The van der Waals surface area contributed by atoms with Crippen molar-refractivity contribution in [1.82, 2.24) is 14.5 Å². The maximum Gasteiger partial charge on any atom is 0.262 e. The molecule has 7 nitrogen and oxygen atoms in total.